The number of pyridine rings is 1. The molecule has 1 amide bonds. The summed E-state index contributed by atoms with van der Waals surface area (Å²) in [5.74, 6) is -1.18. The van der Waals surface area contributed by atoms with Crippen molar-refractivity contribution < 1.29 is 22.4 Å². The molecule has 5 rings (SSSR count). The summed E-state index contributed by atoms with van der Waals surface area (Å²) in [5, 5.41) is 11.7. The number of amides is 1. The summed E-state index contributed by atoms with van der Waals surface area (Å²) in [7, 11) is 1.96. The number of likely N-dealkylation sites (N-methyl/N-ethyl adjacent to an activating group) is 1. The number of nitrogens with zero attached hydrogens (tertiary/aromatic N) is 6. The third-order valence-electron chi connectivity index (χ3n) is 7.67. The number of aromatic nitrogens is 3. The molecule has 2 aromatic heterocycles. The van der Waals surface area contributed by atoms with Crippen molar-refractivity contribution in [2.24, 2.45) is 0 Å². The van der Waals surface area contributed by atoms with Crippen molar-refractivity contribution in [2.75, 3.05) is 54.9 Å². The summed E-state index contributed by atoms with van der Waals surface area (Å²) in [4.78, 5) is 41.1. The van der Waals surface area contributed by atoms with Crippen LogP contribution in [0.2, 0.25) is 0 Å². The van der Waals surface area contributed by atoms with Gasteiger partial charge in [-0.15, -0.1) is 0 Å². The summed E-state index contributed by atoms with van der Waals surface area (Å²) < 4.78 is 57.0. The second-order valence-corrected chi connectivity index (χ2v) is 10.5. The molecule has 10 nitrogen and oxygen atoms in total. The third-order valence-corrected chi connectivity index (χ3v) is 7.67. The van der Waals surface area contributed by atoms with Gasteiger partial charge in [-0.3, -0.25) is 9.59 Å². The number of carbonyl (C=O) groups is 1. The molecule has 1 fully saturated rings. The van der Waals surface area contributed by atoms with Crippen molar-refractivity contribution in [1.29, 1.82) is 5.26 Å². The van der Waals surface area contributed by atoms with Crippen LogP contribution in [0.4, 0.5) is 34.8 Å². The summed E-state index contributed by atoms with van der Waals surface area (Å²) in [6.07, 6.45) is -0.375. The predicted octanol–water partition coefficient (Wildman–Crippen LogP) is 3.88. The SMILES string of the molecule is C[C@H]1CN(c2cc(F)c(C3=CCCN(c4ccnc(C#N)n4)C3)cc2NC(=O)c2c[nH]c(=O)cc2C(F)(F)F)CCN1C. The van der Waals surface area contributed by atoms with Crippen LogP contribution < -0.4 is 20.7 Å². The van der Waals surface area contributed by atoms with E-state index in [-0.39, 0.29) is 29.7 Å². The van der Waals surface area contributed by atoms with Crippen LogP contribution in [0, 0.1) is 17.1 Å². The van der Waals surface area contributed by atoms with Crippen LogP contribution in [-0.4, -0.2) is 71.6 Å². The first kappa shape index (κ1) is 29.7. The number of halogens is 4. The van der Waals surface area contributed by atoms with E-state index < -0.39 is 34.6 Å². The number of hydrogen-bond acceptors (Lipinski definition) is 8. The van der Waals surface area contributed by atoms with Crippen molar-refractivity contribution in [3.8, 4) is 6.07 Å². The molecule has 1 aromatic carbocycles. The van der Waals surface area contributed by atoms with Crippen LogP contribution >= 0.6 is 0 Å². The number of benzene rings is 1. The van der Waals surface area contributed by atoms with Crippen molar-refractivity contribution in [3.05, 3.63) is 81.4 Å². The van der Waals surface area contributed by atoms with Crippen molar-refractivity contribution in [2.45, 2.75) is 25.6 Å². The monoisotopic (exact) mass is 596 g/mol. The quantitative estimate of drug-likeness (QED) is 0.426. The number of piperazine rings is 1. The minimum absolute atomic E-state index is 0.00368. The molecule has 224 valence electrons. The smallest absolute Gasteiger partial charge is 0.367 e. The molecule has 0 radical (unpaired) electrons. The first-order valence-electron chi connectivity index (χ1n) is 13.5. The van der Waals surface area contributed by atoms with Gasteiger partial charge >= 0.3 is 6.18 Å². The summed E-state index contributed by atoms with van der Waals surface area (Å²) >= 11 is 0. The van der Waals surface area contributed by atoms with Gasteiger partial charge in [0.25, 0.3) is 5.91 Å². The number of carbonyl (C=O) groups excluding carboxylic acids is 1. The molecule has 2 aliphatic rings. The lowest BCUT2D eigenvalue weighted by atomic mass is 9.98. The molecule has 0 saturated carbocycles. The van der Waals surface area contributed by atoms with Gasteiger partial charge in [-0.2, -0.15) is 18.4 Å². The van der Waals surface area contributed by atoms with Gasteiger partial charge in [0.05, 0.1) is 22.5 Å². The molecule has 0 unspecified atom stereocenters. The number of nitrogens with one attached hydrogen (secondary N) is 2. The van der Waals surface area contributed by atoms with E-state index in [4.69, 9.17) is 0 Å². The fraction of sp³-hybridized carbons (Fsp3) is 0.345. The standard InChI is InChI=1S/C29H28F4N8O2/c1-17-15-40(9-8-39(17)2)24-12-22(30)19(18-4-3-7-41(16-18)26-5-6-35-25(13-34)38-26)10-23(24)37-28(43)20-14-36-27(42)11-21(20)29(31,32)33/h4-6,10-12,14,17H,3,7-9,15-16H2,1-2H3,(H,36,42)(H,37,43)/t17-/m0/s1. The summed E-state index contributed by atoms with van der Waals surface area (Å²) in [5.41, 5.74) is -1.94. The number of H-pyrrole nitrogens is 1. The van der Waals surface area contributed by atoms with Crippen LogP contribution in [-0.2, 0) is 6.18 Å². The Morgan fingerprint density at radius 3 is 2.70 bits per heavy atom. The molecule has 4 heterocycles. The normalized spacial score (nSPS) is 17.8. The molecule has 3 aromatic rings. The highest BCUT2D eigenvalue weighted by Crippen LogP contribution is 2.36. The summed E-state index contributed by atoms with van der Waals surface area (Å²) in [6.45, 7) is 4.43. The maximum atomic E-state index is 15.9. The summed E-state index contributed by atoms with van der Waals surface area (Å²) in [6, 6.07) is 6.69. The maximum absolute atomic E-state index is 15.9. The predicted molar refractivity (Wildman–Crippen MR) is 152 cm³/mol. The van der Waals surface area contributed by atoms with Crippen LogP contribution in [0.15, 0.2) is 47.5 Å². The Bertz CT molecular complexity index is 1680. The van der Waals surface area contributed by atoms with E-state index in [2.05, 4.69) is 25.2 Å². The minimum atomic E-state index is -4.95. The van der Waals surface area contributed by atoms with Crippen molar-refractivity contribution in [1.82, 2.24) is 19.9 Å². The zero-order chi connectivity index (χ0) is 30.9. The van der Waals surface area contributed by atoms with Crippen molar-refractivity contribution >= 4 is 28.7 Å². The van der Waals surface area contributed by atoms with E-state index in [1.165, 1.54) is 18.3 Å². The Morgan fingerprint density at radius 1 is 1.19 bits per heavy atom. The Morgan fingerprint density at radius 2 is 1.98 bits per heavy atom. The zero-order valence-corrected chi connectivity index (χ0v) is 23.4. The molecule has 43 heavy (non-hydrogen) atoms. The van der Waals surface area contributed by atoms with Gasteiger partial charge in [-0.1, -0.05) is 6.08 Å². The number of rotatable bonds is 5. The van der Waals surface area contributed by atoms with E-state index in [0.29, 0.717) is 55.7 Å². The van der Waals surface area contributed by atoms with Gasteiger partial charge in [0.1, 0.15) is 17.7 Å². The average Bonchev–Trinajstić information content (AvgIpc) is 2.98. The number of nitriles is 1. The Kier molecular flexibility index (Phi) is 8.19. The topological polar surface area (TPSA) is 121 Å². The van der Waals surface area contributed by atoms with E-state index in [0.717, 1.165) is 6.20 Å². The molecule has 1 atom stereocenters. The maximum Gasteiger partial charge on any atom is 0.417 e. The Balaban J connectivity index is 1.54. The van der Waals surface area contributed by atoms with E-state index in [1.54, 1.807) is 6.07 Å². The van der Waals surface area contributed by atoms with Gasteiger partial charge in [-0.05, 0) is 44.2 Å². The Hall–Kier alpha value is -4.77. The van der Waals surface area contributed by atoms with Crippen LogP contribution in [0.25, 0.3) is 5.57 Å². The highest BCUT2D eigenvalue weighted by Gasteiger charge is 2.36. The number of hydrogen-bond donors (Lipinski definition) is 2. The lowest BCUT2D eigenvalue weighted by molar-refractivity contribution is -0.138. The highest BCUT2D eigenvalue weighted by molar-refractivity contribution is 6.07. The van der Waals surface area contributed by atoms with Gasteiger partial charge in [-0.25, -0.2) is 14.4 Å². The lowest BCUT2D eigenvalue weighted by Gasteiger charge is -2.40. The highest BCUT2D eigenvalue weighted by atomic mass is 19.4. The number of aromatic amines is 1. The van der Waals surface area contributed by atoms with E-state index in [1.807, 2.05) is 35.9 Å². The minimum Gasteiger partial charge on any atom is -0.367 e. The number of anilines is 3. The average molecular weight is 597 g/mol. The molecule has 0 aliphatic carbocycles. The molecule has 14 heteroatoms. The second-order valence-electron chi connectivity index (χ2n) is 10.5. The lowest BCUT2D eigenvalue weighted by Crippen LogP contribution is -2.50. The van der Waals surface area contributed by atoms with Crippen molar-refractivity contribution in [3.63, 3.8) is 0 Å². The van der Waals surface area contributed by atoms with Gasteiger partial charge in [0.15, 0.2) is 0 Å². The Labute approximate surface area is 244 Å². The molecule has 2 N–H and O–H groups in total. The second kappa shape index (κ2) is 11.8. The first-order chi connectivity index (χ1) is 20.4. The fourth-order valence-corrected chi connectivity index (χ4v) is 5.24. The van der Waals surface area contributed by atoms with Crippen LogP contribution in [0.3, 0.4) is 0 Å². The van der Waals surface area contributed by atoms with E-state index in [9.17, 15) is 28.0 Å². The number of alkyl halides is 3. The van der Waals surface area contributed by atoms with Crippen LogP contribution in [0.5, 0.6) is 0 Å². The molecular weight excluding hydrogens is 568 g/mol. The van der Waals surface area contributed by atoms with Gasteiger partial charge in [0, 0.05) is 62.8 Å². The first-order valence-corrected chi connectivity index (χ1v) is 13.5. The van der Waals surface area contributed by atoms with Gasteiger partial charge in [0.2, 0.25) is 11.4 Å². The third kappa shape index (κ3) is 6.36. The van der Waals surface area contributed by atoms with Gasteiger partial charge < -0.3 is 25.0 Å². The molecular formula is C29H28F4N8O2. The van der Waals surface area contributed by atoms with E-state index >= 15 is 4.39 Å². The fourth-order valence-electron chi connectivity index (χ4n) is 5.24. The molecule has 0 bridgehead atoms. The molecule has 1 saturated heterocycles. The molecule has 0 spiro atoms. The van der Waals surface area contributed by atoms with Crippen LogP contribution in [0.1, 0.15) is 40.7 Å². The largest absolute Gasteiger partial charge is 0.417 e. The zero-order valence-electron chi connectivity index (χ0n) is 23.4. The molecule has 2 aliphatic heterocycles.